The Labute approximate surface area is 199 Å². The lowest BCUT2D eigenvalue weighted by molar-refractivity contribution is 0.255. The van der Waals surface area contributed by atoms with Crippen LogP contribution in [0.3, 0.4) is 0 Å². The van der Waals surface area contributed by atoms with Gasteiger partial charge in [-0.15, -0.1) is 0 Å². The minimum absolute atomic E-state index is 0.112. The Kier molecular flexibility index (Phi) is 6.36. The van der Waals surface area contributed by atoms with Gasteiger partial charge in [0.25, 0.3) is 0 Å². The molecule has 0 unspecified atom stereocenters. The molecule has 1 aliphatic rings. The number of anilines is 2. The van der Waals surface area contributed by atoms with Crippen molar-refractivity contribution in [3.63, 3.8) is 0 Å². The second kappa shape index (κ2) is 9.39. The molecular formula is C27H29N5O2. The van der Waals surface area contributed by atoms with E-state index < -0.39 is 0 Å². The number of rotatable bonds is 4. The number of amides is 2. The fourth-order valence-corrected chi connectivity index (χ4v) is 3.83. The topological polar surface area (TPSA) is 102 Å². The van der Waals surface area contributed by atoms with E-state index in [1.807, 2.05) is 42.5 Å². The summed E-state index contributed by atoms with van der Waals surface area (Å²) in [5.41, 5.74) is 12.1. The summed E-state index contributed by atoms with van der Waals surface area (Å²) in [7, 11) is 1.53. The average molecular weight is 456 g/mol. The zero-order chi connectivity index (χ0) is 24.3. The Balaban J connectivity index is 1.57. The lowest BCUT2D eigenvalue weighted by Gasteiger charge is -2.22. The Morgan fingerprint density at radius 3 is 2.56 bits per heavy atom. The molecule has 0 radical (unpaired) electrons. The smallest absolute Gasteiger partial charge is 0.323 e. The van der Waals surface area contributed by atoms with Gasteiger partial charge < -0.3 is 21.1 Å². The number of nitrogen functional groups attached to an aromatic ring is 1. The summed E-state index contributed by atoms with van der Waals surface area (Å²) in [4.78, 5) is 21.4. The standard InChI is InChI=1S/C27H29N5O2/c1-27(2,3)19-15-23(25(34-4)30-16-19)32-26(33)31-22-10-9-18(20-7-5-6-8-21(20)22)13-17-11-12-29-24(28)14-17/h5-8,10-16H,9H2,1-4H3,(H2,28,29)(H2,31,32,33). The zero-order valence-corrected chi connectivity index (χ0v) is 19.8. The number of methoxy groups -OCH3 is 1. The predicted molar refractivity (Wildman–Crippen MR) is 137 cm³/mol. The van der Waals surface area contributed by atoms with E-state index in [0.29, 0.717) is 23.8 Å². The fraction of sp³-hybridized carbons (Fsp3) is 0.222. The van der Waals surface area contributed by atoms with Gasteiger partial charge in [0.2, 0.25) is 5.88 Å². The van der Waals surface area contributed by atoms with E-state index in [9.17, 15) is 4.79 Å². The van der Waals surface area contributed by atoms with Crippen LogP contribution in [0.4, 0.5) is 16.3 Å². The number of aromatic nitrogens is 2. The molecule has 4 N–H and O–H groups in total. The van der Waals surface area contributed by atoms with Crippen molar-refractivity contribution in [1.82, 2.24) is 15.3 Å². The highest BCUT2D eigenvalue weighted by molar-refractivity contribution is 5.99. The first-order valence-corrected chi connectivity index (χ1v) is 11.1. The number of nitrogens with two attached hydrogens (primary N) is 1. The number of carbonyl (C=O) groups excluding carboxylic acids is 1. The number of urea groups is 1. The molecule has 1 aliphatic carbocycles. The second-order valence-electron chi connectivity index (χ2n) is 9.16. The number of nitrogens with zero attached hydrogens (tertiary/aromatic N) is 2. The van der Waals surface area contributed by atoms with Crippen LogP contribution in [0.1, 0.15) is 49.4 Å². The van der Waals surface area contributed by atoms with Gasteiger partial charge >= 0.3 is 6.03 Å². The average Bonchev–Trinajstić information content (AvgIpc) is 2.80. The molecule has 2 amide bonds. The van der Waals surface area contributed by atoms with Crippen molar-refractivity contribution in [2.24, 2.45) is 0 Å². The molecule has 0 saturated heterocycles. The molecule has 0 atom stereocenters. The Morgan fingerprint density at radius 2 is 1.85 bits per heavy atom. The van der Waals surface area contributed by atoms with Gasteiger partial charge in [0.1, 0.15) is 11.5 Å². The van der Waals surface area contributed by atoms with Crippen molar-refractivity contribution in [2.45, 2.75) is 32.6 Å². The third-order valence-corrected chi connectivity index (χ3v) is 5.64. The molecule has 174 valence electrons. The monoisotopic (exact) mass is 455 g/mol. The maximum absolute atomic E-state index is 12.9. The number of nitrogens with one attached hydrogen (secondary N) is 2. The number of ether oxygens (including phenoxy) is 1. The van der Waals surface area contributed by atoms with Crippen LogP contribution in [0, 0.1) is 0 Å². The number of pyridine rings is 2. The van der Waals surface area contributed by atoms with E-state index in [1.165, 1.54) is 7.11 Å². The van der Waals surface area contributed by atoms with Gasteiger partial charge in [0.05, 0.1) is 7.11 Å². The first-order chi connectivity index (χ1) is 16.2. The summed E-state index contributed by atoms with van der Waals surface area (Å²) in [6, 6.07) is 13.3. The number of benzene rings is 1. The zero-order valence-electron chi connectivity index (χ0n) is 19.8. The molecule has 4 rings (SSSR count). The minimum Gasteiger partial charge on any atom is -0.480 e. The van der Waals surface area contributed by atoms with Gasteiger partial charge in [-0.05, 0) is 52.3 Å². The number of hydrogen-bond donors (Lipinski definition) is 3. The Morgan fingerprint density at radius 1 is 1.09 bits per heavy atom. The SMILES string of the molecule is COc1ncc(C(C)(C)C)cc1NC(=O)NC1=CCC(=Cc2ccnc(N)c2)c2ccccc21. The van der Waals surface area contributed by atoms with E-state index in [1.54, 1.807) is 12.4 Å². The van der Waals surface area contributed by atoms with Gasteiger partial charge in [-0.1, -0.05) is 57.2 Å². The molecular weight excluding hydrogens is 426 g/mol. The van der Waals surface area contributed by atoms with Gasteiger partial charge in [-0.3, -0.25) is 0 Å². The lowest BCUT2D eigenvalue weighted by Crippen LogP contribution is -2.29. The number of carbonyl (C=O) groups is 1. The predicted octanol–water partition coefficient (Wildman–Crippen LogP) is 5.47. The van der Waals surface area contributed by atoms with Gasteiger partial charge in [0.15, 0.2) is 0 Å². The quantitative estimate of drug-likeness (QED) is 0.484. The third kappa shape index (κ3) is 5.09. The molecule has 34 heavy (non-hydrogen) atoms. The molecule has 2 aromatic heterocycles. The van der Waals surface area contributed by atoms with Gasteiger partial charge in [-0.2, -0.15) is 0 Å². The highest BCUT2D eigenvalue weighted by atomic mass is 16.5. The molecule has 0 spiro atoms. The van der Waals surface area contributed by atoms with Crippen LogP contribution < -0.4 is 21.1 Å². The minimum atomic E-state index is -0.360. The van der Waals surface area contributed by atoms with E-state index >= 15 is 0 Å². The molecule has 7 heteroatoms. The largest absolute Gasteiger partial charge is 0.480 e. The normalized spacial score (nSPS) is 14.2. The van der Waals surface area contributed by atoms with Crippen LogP contribution in [0.2, 0.25) is 0 Å². The molecule has 0 aliphatic heterocycles. The van der Waals surface area contributed by atoms with Crippen molar-refractivity contribution in [1.29, 1.82) is 0 Å². The van der Waals surface area contributed by atoms with Crippen molar-refractivity contribution in [3.8, 4) is 5.88 Å². The summed E-state index contributed by atoms with van der Waals surface area (Å²) in [5, 5.41) is 5.89. The first kappa shape index (κ1) is 23.0. The van der Waals surface area contributed by atoms with E-state index in [4.69, 9.17) is 10.5 Å². The van der Waals surface area contributed by atoms with Crippen LogP contribution in [-0.4, -0.2) is 23.1 Å². The Hall–Kier alpha value is -4.13. The number of allylic oxidation sites excluding steroid dienone is 2. The maximum Gasteiger partial charge on any atom is 0.323 e. The van der Waals surface area contributed by atoms with Crippen LogP contribution in [-0.2, 0) is 5.41 Å². The van der Waals surface area contributed by atoms with E-state index in [0.717, 1.165) is 33.5 Å². The molecule has 0 bridgehead atoms. The van der Waals surface area contributed by atoms with Gasteiger partial charge in [0, 0.05) is 23.7 Å². The first-order valence-electron chi connectivity index (χ1n) is 11.1. The van der Waals surface area contributed by atoms with Crippen LogP contribution >= 0.6 is 0 Å². The third-order valence-electron chi connectivity index (χ3n) is 5.64. The van der Waals surface area contributed by atoms with Crippen molar-refractivity contribution in [3.05, 3.63) is 83.2 Å². The summed E-state index contributed by atoms with van der Waals surface area (Å²) >= 11 is 0. The van der Waals surface area contributed by atoms with Crippen LogP contribution in [0.5, 0.6) is 5.88 Å². The number of fused-ring (bicyclic) bond motifs is 1. The molecule has 7 nitrogen and oxygen atoms in total. The highest BCUT2D eigenvalue weighted by Crippen LogP contribution is 2.34. The Bertz CT molecular complexity index is 1290. The molecule has 0 fully saturated rings. The summed E-state index contributed by atoms with van der Waals surface area (Å²) in [5.74, 6) is 0.844. The summed E-state index contributed by atoms with van der Waals surface area (Å²) < 4.78 is 5.35. The van der Waals surface area contributed by atoms with Crippen LogP contribution in [0.25, 0.3) is 17.3 Å². The van der Waals surface area contributed by atoms with Crippen molar-refractivity contribution >= 4 is 34.9 Å². The lowest BCUT2D eigenvalue weighted by atomic mass is 9.88. The summed E-state index contributed by atoms with van der Waals surface area (Å²) in [6.45, 7) is 6.28. The van der Waals surface area contributed by atoms with E-state index in [-0.39, 0.29) is 11.4 Å². The molecule has 2 heterocycles. The summed E-state index contributed by atoms with van der Waals surface area (Å²) in [6.07, 6.45) is 8.24. The van der Waals surface area contributed by atoms with Crippen molar-refractivity contribution in [2.75, 3.05) is 18.2 Å². The van der Waals surface area contributed by atoms with Gasteiger partial charge in [-0.25, -0.2) is 14.8 Å². The number of hydrogen-bond acceptors (Lipinski definition) is 5. The second-order valence-corrected chi connectivity index (χ2v) is 9.16. The molecule has 1 aromatic carbocycles. The molecule has 0 saturated carbocycles. The fourth-order valence-electron chi connectivity index (χ4n) is 3.83. The van der Waals surface area contributed by atoms with E-state index in [2.05, 4.69) is 53.5 Å². The molecule has 3 aromatic rings. The maximum atomic E-state index is 12.9. The highest BCUT2D eigenvalue weighted by Gasteiger charge is 2.20. The van der Waals surface area contributed by atoms with Crippen molar-refractivity contribution < 1.29 is 9.53 Å². The van der Waals surface area contributed by atoms with Crippen LogP contribution in [0.15, 0.2) is 60.9 Å².